The van der Waals surface area contributed by atoms with Gasteiger partial charge in [-0.1, -0.05) is 32.9 Å². The van der Waals surface area contributed by atoms with E-state index in [-0.39, 0.29) is 0 Å². The van der Waals surface area contributed by atoms with E-state index in [9.17, 15) is 0 Å². The van der Waals surface area contributed by atoms with Crippen LogP contribution in [-0.2, 0) is 0 Å². The van der Waals surface area contributed by atoms with Crippen molar-refractivity contribution in [1.82, 2.24) is 4.90 Å². The fourth-order valence-electron chi connectivity index (χ4n) is 3.90. The molecule has 2 unspecified atom stereocenters. The zero-order chi connectivity index (χ0) is 10.6. The van der Waals surface area contributed by atoms with Gasteiger partial charge in [0, 0.05) is 5.54 Å². The van der Waals surface area contributed by atoms with Gasteiger partial charge in [-0.05, 0) is 44.2 Å². The van der Waals surface area contributed by atoms with Gasteiger partial charge >= 0.3 is 0 Å². The van der Waals surface area contributed by atoms with Crippen LogP contribution >= 0.6 is 0 Å². The smallest absolute Gasteiger partial charge is 0.0323 e. The van der Waals surface area contributed by atoms with Crippen molar-refractivity contribution >= 4 is 0 Å². The van der Waals surface area contributed by atoms with E-state index < -0.39 is 0 Å². The zero-order valence-corrected chi connectivity index (χ0v) is 10.1. The Kier molecular flexibility index (Phi) is 2.08. The summed E-state index contributed by atoms with van der Waals surface area (Å²) in [6.45, 7) is 12.6. The molecule has 0 aromatic carbocycles. The second-order valence-corrected chi connectivity index (χ2v) is 6.21. The third kappa shape index (κ3) is 1.11. The van der Waals surface area contributed by atoms with E-state index in [1.54, 1.807) is 0 Å². The van der Waals surface area contributed by atoms with Crippen molar-refractivity contribution in [2.45, 2.75) is 45.6 Å². The summed E-state index contributed by atoms with van der Waals surface area (Å²) in [6.07, 6.45) is 3.85. The molecule has 0 amide bonds. The fraction of sp³-hybridized carbons (Fsp3) is 0.846. The molecule has 0 bridgehead atoms. The monoisotopic (exact) mass is 193 g/mol. The first-order valence-electron chi connectivity index (χ1n) is 5.76. The lowest BCUT2D eigenvalue weighted by Gasteiger charge is -2.47. The van der Waals surface area contributed by atoms with E-state index in [4.69, 9.17) is 0 Å². The predicted molar refractivity (Wildman–Crippen MR) is 61.3 cm³/mol. The average Bonchev–Trinajstić information content (AvgIpc) is 2.49. The van der Waals surface area contributed by atoms with Gasteiger partial charge in [0.05, 0.1) is 0 Å². The second kappa shape index (κ2) is 2.85. The molecule has 1 saturated heterocycles. The van der Waals surface area contributed by atoms with Gasteiger partial charge in [0.2, 0.25) is 0 Å². The molecule has 1 heteroatoms. The first-order valence-corrected chi connectivity index (χ1v) is 5.76. The molecular weight excluding hydrogens is 170 g/mol. The summed E-state index contributed by atoms with van der Waals surface area (Å²) in [4.78, 5) is 2.59. The van der Waals surface area contributed by atoms with Crippen LogP contribution in [0.25, 0.3) is 0 Å². The molecule has 0 spiro atoms. The molecule has 1 heterocycles. The van der Waals surface area contributed by atoms with Crippen LogP contribution in [0.5, 0.6) is 0 Å². The summed E-state index contributed by atoms with van der Waals surface area (Å²) in [5, 5.41) is 0. The van der Waals surface area contributed by atoms with Crippen molar-refractivity contribution in [2.24, 2.45) is 11.3 Å². The molecule has 0 aromatic heterocycles. The number of rotatable bonds is 0. The maximum absolute atomic E-state index is 4.20. The van der Waals surface area contributed by atoms with Crippen molar-refractivity contribution in [3.63, 3.8) is 0 Å². The molecule has 0 radical (unpaired) electrons. The molecule has 2 aliphatic rings. The Morgan fingerprint density at radius 1 is 1.43 bits per heavy atom. The molecule has 80 valence electrons. The van der Waals surface area contributed by atoms with Crippen LogP contribution in [0.1, 0.15) is 40.0 Å². The Morgan fingerprint density at radius 3 is 2.57 bits per heavy atom. The average molecular weight is 193 g/mol. The molecule has 1 aliphatic carbocycles. The van der Waals surface area contributed by atoms with E-state index in [1.165, 1.54) is 31.4 Å². The second-order valence-electron chi connectivity index (χ2n) is 6.21. The first-order chi connectivity index (χ1) is 6.38. The van der Waals surface area contributed by atoms with Gasteiger partial charge in [-0.15, -0.1) is 0 Å². The number of nitrogens with zero attached hydrogens (tertiary/aromatic N) is 1. The van der Waals surface area contributed by atoms with Crippen LogP contribution < -0.4 is 0 Å². The summed E-state index contributed by atoms with van der Waals surface area (Å²) < 4.78 is 0. The predicted octanol–water partition coefficient (Wildman–Crippen LogP) is 3.07. The van der Waals surface area contributed by atoms with Crippen LogP contribution in [0, 0.1) is 11.3 Å². The lowest BCUT2D eigenvalue weighted by Crippen LogP contribution is -2.53. The van der Waals surface area contributed by atoms with Crippen LogP contribution in [0.3, 0.4) is 0 Å². The van der Waals surface area contributed by atoms with Crippen molar-refractivity contribution in [3.8, 4) is 0 Å². The molecule has 14 heavy (non-hydrogen) atoms. The highest BCUT2D eigenvalue weighted by Crippen LogP contribution is 2.56. The number of hydrogen-bond acceptors (Lipinski definition) is 1. The van der Waals surface area contributed by atoms with Gasteiger partial charge in [-0.2, -0.15) is 0 Å². The standard InChI is InChI=1S/C13H23N/c1-10-8-11-6-7-14(5)13(11,9-10)12(2,3)4/h11H,1,6-9H2,2-5H3. The summed E-state index contributed by atoms with van der Waals surface area (Å²) >= 11 is 0. The Labute approximate surface area is 88.2 Å². The SMILES string of the molecule is C=C1CC2CCN(C)C2(C(C)(C)C)C1. The first kappa shape index (κ1) is 10.2. The minimum Gasteiger partial charge on any atom is -0.300 e. The number of hydrogen-bond donors (Lipinski definition) is 0. The van der Waals surface area contributed by atoms with Gasteiger partial charge < -0.3 is 0 Å². The van der Waals surface area contributed by atoms with Crippen LogP contribution in [0.4, 0.5) is 0 Å². The van der Waals surface area contributed by atoms with E-state index in [2.05, 4.69) is 39.3 Å². The molecular formula is C13H23N. The maximum atomic E-state index is 4.20. The van der Waals surface area contributed by atoms with Crippen molar-refractivity contribution < 1.29 is 0 Å². The van der Waals surface area contributed by atoms with Crippen LogP contribution in [0.2, 0.25) is 0 Å². The normalized spacial score (nSPS) is 39.1. The third-order valence-corrected chi connectivity index (χ3v) is 4.52. The molecule has 0 N–H and O–H groups in total. The van der Waals surface area contributed by atoms with Gasteiger partial charge in [-0.25, -0.2) is 0 Å². The summed E-state index contributed by atoms with van der Waals surface area (Å²) in [5.41, 5.74) is 2.25. The van der Waals surface area contributed by atoms with Gasteiger partial charge in [-0.3, -0.25) is 4.90 Å². The minimum absolute atomic E-state index is 0.377. The van der Waals surface area contributed by atoms with Gasteiger partial charge in [0.15, 0.2) is 0 Å². The van der Waals surface area contributed by atoms with Crippen molar-refractivity contribution in [3.05, 3.63) is 12.2 Å². The zero-order valence-electron chi connectivity index (χ0n) is 10.1. The topological polar surface area (TPSA) is 3.24 Å². The Balaban J connectivity index is 2.41. The van der Waals surface area contributed by atoms with Crippen LogP contribution in [-0.4, -0.2) is 24.0 Å². The van der Waals surface area contributed by atoms with Gasteiger partial charge in [0.1, 0.15) is 0 Å². The molecule has 1 saturated carbocycles. The number of likely N-dealkylation sites (tertiary alicyclic amines) is 1. The Hall–Kier alpha value is -0.300. The summed E-state index contributed by atoms with van der Waals surface area (Å²) in [7, 11) is 2.30. The fourth-order valence-corrected chi connectivity index (χ4v) is 3.90. The van der Waals surface area contributed by atoms with Crippen molar-refractivity contribution in [2.75, 3.05) is 13.6 Å². The maximum Gasteiger partial charge on any atom is 0.0323 e. The van der Waals surface area contributed by atoms with Gasteiger partial charge in [0.25, 0.3) is 0 Å². The van der Waals surface area contributed by atoms with E-state index in [0.717, 1.165) is 5.92 Å². The third-order valence-electron chi connectivity index (χ3n) is 4.52. The highest BCUT2D eigenvalue weighted by Gasteiger charge is 2.57. The summed E-state index contributed by atoms with van der Waals surface area (Å²) in [5.74, 6) is 0.861. The minimum atomic E-state index is 0.377. The largest absolute Gasteiger partial charge is 0.300 e. The molecule has 1 aliphatic heterocycles. The van der Waals surface area contributed by atoms with E-state index >= 15 is 0 Å². The lowest BCUT2D eigenvalue weighted by atomic mass is 9.68. The van der Waals surface area contributed by atoms with Crippen LogP contribution in [0.15, 0.2) is 12.2 Å². The highest BCUT2D eigenvalue weighted by molar-refractivity contribution is 5.22. The molecule has 2 atom stereocenters. The molecule has 0 aromatic rings. The number of fused-ring (bicyclic) bond motifs is 1. The molecule has 1 nitrogen and oxygen atoms in total. The Bertz CT molecular complexity index is 261. The summed E-state index contributed by atoms with van der Waals surface area (Å²) in [6, 6.07) is 0. The quantitative estimate of drug-likeness (QED) is 0.534. The van der Waals surface area contributed by atoms with E-state index in [0.29, 0.717) is 11.0 Å². The highest BCUT2D eigenvalue weighted by atomic mass is 15.2. The van der Waals surface area contributed by atoms with E-state index in [1.807, 2.05) is 0 Å². The lowest BCUT2D eigenvalue weighted by molar-refractivity contribution is 0.0300. The Morgan fingerprint density at radius 2 is 2.07 bits per heavy atom. The molecule has 2 fully saturated rings. The van der Waals surface area contributed by atoms with Crippen molar-refractivity contribution in [1.29, 1.82) is 0 Å². The molecule has 2 rings (SSSR count).